The van der Waals surface area contributed by atoms with E-state index in [0.717, 1.165) is 34.5 Å². The van der Waals surface area contributed by atoms with Crippen molar-refractivity contribution in [3.63, 3.8) is 0 Å². The van der Waals surface area contributed by atoms with E-state index in [-0.39, 0.29) is 11.6 Å². The fourth-order valence-electron chi connectivity index (χ4n) is 4.67. The normalized spacial score (nSPS) is 18.2. The lowest BCUT2D eigenvalue weighted by atomic mass is 9.93. The molecule has 8 heteroatoms. The molecule has 1 fully saturated rings. The molecule has 0 radical (unpaired) electrons. The molecule has 0 spiro atoms. The van der Waals surface area contributed by atoms with Crippen LogP contribution in [0.4, 0.5) is 10.2 Å². The van der Waals surface area contributed by atoms with E-state index in [1.54, 1.807) is 25.5 Å². The van der Waals surface area contributed by atoms with Gasteiger partial charge in [-0.15, -0.1) is 0 Å². The summed E-state index contributed by atoms with van der Waals surface area (Å²) < 4.78 is 22.4. The van der Waals surface area contributed by atoms with Gasteiger partial charge in [0.15, 0.2) is 11.6 Å². The van der Waals surface area contributed by atoms with Gasteiger partial charge in [-0.2, -0.15) is 5.10 Å². The van der Waals surface area contributed by atoms with Crippen molar-refractivity contribution in [2.24, 2.45) is 23.7 Å². The number of nitrogen functional groups attached to an aromatic ring is 1. The number of nitrogens with zero attached hydrogens (tertiary/aromatic N) is 4. The smallest absolute Gasteiger partial charge is 0.166 e. The van der Waals surface area contributed by atoms with Crippen LogP contribution >= 0.6 is 0 Å². The van der Waals surface area contributed by atoms with E-state index >= 15 is 0 Å². The number of aryl methyl sites for hydroxylation is 1. The minimum Gasteiger partial charge on any atom is -0.482 e. The Balaban J connectivity index is 1.79. The van der Waals surface area contributed by atoms with E-state index in [1.165, 1.54) is 25.0 Å². The van der Waals surface area contributed by atoms with Crippen molar-refractivity contribution in [1.29, 1.82) is 0 Å². The molecule has 1 saturated carbocycles. The molecular weight excluding hydrogens is 431 g/mol. The number of allylic oxidation sites excluding steroid dienone is 1. The lowest BCUT2D eigenvalue weighted by Crippen LogP contribution is -2.14. The number of ether oxygens (including phenoxy) is 1. The standard InChI is InChI=1S/C26H29FN6O/c1-14-20-11-18(27)6-7-19(20)25(28)17(12-30-2)9-22-24(16-10-23(34-14)26(29)31-13-16)21(32-33(22)3)8-15-4-5-15/h6-7,10-15H,4-5,8-9,28H2,1-3H3,(H2,29,31). The zero-order chi connectivity index (χ0) is 24.0. The molecule has 3 heterocycles. The zero-order valence-corrected chi connectivity index (χ0v) is 19.7. The van der Waals surface area contributed by atoms with Crippen molar-refractivity contribution in [3.8, 4) is 16.9 Å². The molecule has 1 aromatic carbocycles. The molecule has 34 heavy (non-hydrogen) atoms. The van der Waals surface area contributed by atoms with Crippen molar-refractivity contribution in [1.82, 2.24) is 14.8 Å². The fraction of sp³-hybridized carbons (Fsp3) is 0.346. The van der Waals surface area contributed by atoms with E-state index < -0.39 is 6.10 Å². The summed E-state index contributed by atoms with van der Waals surface area (Å²) in [5, 5.41) is 4.89. The van der Waals surface area contributed by atoms with Gasteiger partial charge in [-0.05, 0) is 61.9 Å². The van der Waals surface area contributed by atoms with Gasteiger partial charge in [0.1, 0.15) is 11.9 Å². The zero-order valence-electron chi connectivity index (χ0n) is 19.7. The molecule has 3 aromatic rings. The number of benzene rings is 1. The summed E-state index contributed by atoms with van der Waals surface area (Å²) in [6.07, 6.45) is 6.91. The number of halogens is 1. The molecule has 1 aliphatic heterocycles. The molecule has 2 bridgehead atoms. The quantitative estimate of drug-likeness (QED) is 0.570. The van der Waals surface area contributed by atoms with E-state index in [4.69, 9.17) is 21.3 Å². The Morgan fingerprint density at radius 1 is 1.26 bits per heavy atom. The van der Waals surface area contributed by atoms with Crippen LogP contribution in [0.2, 0.25) is 0 Å². The highest BCUT2D eigenvalue weighted by molar-refractivity contribution is 5.91. The van der Waals surface area contributed by atoms with Crippen LogP contribution in [0.1, 0.15) is 48.4 Å². The van der Waals surface area contributed by atoms with Crippen LogP contribution in [0.15, 0.2) is 41.0 Å². The number of anilines is 1. The number of aliphatic imine (C=N–C) groups is 1. The SMILES string of the molecule is CN=CC1=C(N)c2ccc(F)cc2C(C)Oc2cc(cnc2N)-c2c(CC3CC3)nn(C)c2C1. The van der Waals surface area contributed by atoms with Gasteiger partial charge in [0.05, 0.1) is 11.4 Å². The van der Waals surface area contributed by atoms with Gasteiger partial charge in [-0.25, -0.2) is 9.37 Å². The highest BCUT2D eigenvalue weighted by Crippen LogP contribution is 2.40. The molecule has 1 aliphatic carbocycles. The Hall–Kier alpha value is -3.68. The predicted octanol–water partition coefficient (Wildman–Crippen LogP) is 4.22. The van der Waals surface area contributed by atoms with Crippen LogP contribution in [-0.2, 0) is 19.9 Å². The van der Waals surface area contributed by atoms with Gasteiger partial charge in [0, 0.05) is 60.9 Å². The summed E-state index contributed by atoms with van der Waals surface area (Å²) in [6, 6.07) is 6.47. The minimum absolute atomic E-state index is 0.280. The van der Waals surface area contributed by atoms with Crippen molar-refractivity contribution in [2.75, 3.05) is 12.8 Å². The summed E-state index contributed by atoms with van der Waals surface area (Å²) >= 11 is 0. The monoisotopic (exact) mass is 460 g/mol. The van der Waals surface area contributed by atoms with E-state index in [0.29, 0.717) is 34.9 Å². The number of hydrogen-bond acceptors (Lipinski definition) is 6. The van der Waals surface area contributed by atoms with Crippen LogP contribution in [-0.4, -0.2) is 28.0 Å². The Morgan fingerprint density at radius 2 is 2.06 bits per heavy atom. The molecule has 176 valence electrons. The first kappa shape index (κ1) is 22.1. The summed E-state index contributed by atoms with van der Waals surface area (Å²) in [5.41, 5.74) is 19.6. The number of pyridine rings is 1. The summed E-state index contributed by atoms with van der Waals surface area (Å²) in [6.45, 7) is 1.85. The maximum absolute atomic E-state index is 14.3. The van der Waals surface area contributed by atoms with Crippen LogP contribution in [0.5, 0.6) is 5.75 Å². The van der Waals surface area contributed by atoms with Gasteiger partial charge in [0.2, 0.25) is 0 Å². The number of fused-ring (bicyclic) bond motifs is 5. The molecule has 1 unspecified atom stereocenters. The van der Waals surface area contributed by atoms with Crippen molar-refractivity contribution >= 4 is 17.7 Å². The molecule has 0 amide bonds. The molecule has 7 nitrogen and oxygen atoms in total. The van der Waals surface area contributed by atoms with Crippen LogP contribution < -0.4 is 16.2 Å². The van der Waals surface area contributed by atoms with Crippen molar-refractivity contribution in [3.05, 3.63) is 64.4 Å². The molecule has 5 rings (SSSR count). The number of rotatable bonds is 3. The van der Waals surface area contributed by atoms with Gasteiger partial charge in [-0.3, -0.25) is 9.67 Å². The third-order valence-electron chi connectivity index (χ3n) is 6.62. The molecule has 2 aliphatic rings. The highest BCUT2D eigenvalue weighted by Gasteiger charge is 2.28. The Bertz CT molecular complexity index is 1320. The Labute approximate surface area is 198 Å². The first-order valence-corrected chi connectivity index (χ1v) is 11.5. The largest absolute Gasteiger partial charge is 0.482 e. The lowest BCUT2D eigenvalue weighted by Gasteiger charge is -2.22. The van der Waals surface area contributed by atoms with Crippen LogP contribution in [0.25, 0.3) is 16.8 Å². The minimum atomic E-state index is -0.512. The van der Waals surface area contributed by atoms with E-state index in [1.807, 2.05) is 24.7 Å². The van der Waals surface area contributed by atoms with E-state index in [9.17, 15) is 4.39 Å². The van der Waals surface area contributed by atoms with Gasteiger partial charge >= 0.3 is 0 Å². The number of hydrogen-bond donors (Lipinski definition) is 2. The first-order valence-electron chi connectivity index (χ1n) is 11.5. The van der Waals surface area contributed by atoms with Gasteiger partial charge in [-0.1, -0.05) is 0 Å². The maximum Gasteiger partial charge on any atom is 0.166 e. The third-order valence-corrected chi connectivity index (χ3v) is 6.62. The fourth-order valence-corrected chi connectivity index (χ4v) is 4.67. The molecule has 2 aromatic heterocycles. The lowest BCUT2D eigenvalue weighted by molar-refractivity contribution is 0.227. The average Bonchev–Trinajstić information content (AvgIpc) is 3.57. The maximum atomic E-state index is 14.3. The average molecular weight is 461 g/mol. The Kier molecular flexibility index (Phi) is 5.59. The molecule has 4 N–H and O–H groups in total. The predicted molar refractivity (Wildman–Crippen MR) is 132 cm³/mol. The number of aromatic nitrogens is 3. The molecular formula is C26H29FN6O. The topological polar surface area (TPSA) is 104 Å². The van der Waals surface area contributed by atoms with Crippen molar-refractivity contribution < 1.29 is 9.13 Å². The van der Waals surface area contributed by atoms with Crippen molar-refractivity contribution in [2.45, 2.75) is 38.7 Å². The number of nitrogens with two attached hydrogens (primary N) is 2. The summed E-state index contributed by atoms with van der Waals surface area (Å²) in [7, 11) is 3.66. The first-order chi connectivity index (χ1) is 16.4. The summed E-state index contributed by atoms with van der Waals surface area (Å²) in [5.74, 6) is 1.03. The second-order valence-corrected chi connectivity index (χ2v) is 9.14. The van der Waals surface area contributed by atoms with Gasteiger partial charge < -0.3 is 16.2 Å². The molecule has 1 atom stereocenters. The highest BCUT2D eigenvalue weighted by atomic mass is 19.1. The van der Waals surface area contributed by atoms with E-state index in [2.05, 4.69) is 9.98 Å². The van der Waals surface area contributed by atoms with Crippen LogP contribution in [0.3, 0.4) is 0 Å². The Morgan fingerprint density at radius 3 is 2.79 bits per heavy atom. The van der Waals surface area contributed by atoms with Crippen LogP contribution in [0, 0.1) is 11.7 Å². The van der Waals surface area contributed by atoms with Gasteiger partial charge in [0.25, 0.3) is 0 Å². The third kappa shape index (κ3) is 4.04. The molecule has 0 saturated heterocycles. The summed E-state index contributed by atoms with van der Waals surface area (Å²) in [4.78, 5) is 8.69. The second-order valence-electron chi connectivity index (χ2n) is 9.14. The second kappa shape index (κ2) is 8.59.